The molecule has 0 radical (unpaired) electrons. The molecular formula is C46H79N9O17. The molecule has 26 heteroatoms. The van der Waals surface area contributed by atoms with Crippen LogP contribution < -0.4 is 48.3 Å². The van der Waals surface area contributed by atoms with E-state index in [2.05, 4.69) is 49.5 Å². The van der Waals surface area contributed by atoms with E-state index in [0.717, 1.165) is 45.4 Å². The zero-order valence-electron chi connectivity index (χ0n) is 41.8. The van der Waals surface area contributed by atoms with E-state index in [1.165, 1.54) is 26.2 Å². The molecule has 4 unspecified atom stereocenters. The van der Waals surface area contributed by atoms with E-state index >= 15 is 0 Å². The summed E-state index contributed by atoms with van der Waals surface area (Å²) < 4.78 is 5.84. The molecule has 1 fully saturated rings. The van der Waals surface area contributed by atoms with Crippen molar-refractivity contribution >= 4 is 65.1 Å². The number of hydrogen-bond acceptors (Lipinski definition) is 16. The fraction of sp³-hybridized carbons (Fsp3) is 0.761. The standard InChI is InChI=1S/C46H79N9O17/c1-5-6-7-8-9-10-11-12-13-14-15-26(2)34-23-36(61)49-27(3)40(65)51-30(18-20-56)42(67)52-29(16-17-38(63)64)41(66)48-24-37(62)50-33(25-58)44(69)54-32(22-35(47)60)43(68)55-39(28(4)59)45(70)53-31(19-21-57)46(71)72-34/h26-34,39,56-59H,5-25H2,1-4H3,(H2,47,60)(H,48,66)(H,49,61)(H,50,62)(H,51,65)(H,52,67)(H,53,70)(H,54,69)(H,55,68)(H,63,64)/t26?,27-,28+,29-,30?,31?,32+,33-,34?,39+/m0/s1. The summed E-state index contributed by atoms with van der Waals surface area (Å²) in [5.41, 5.74) is 5.32. The van der Waals surface area contributed by atoms with Gasteiger partial charge < -0.3 is 78.5 Å². The highest BCUT2D eigenvalue weighted by Gasteiger charge is 2.36. The molecule has 10 atom stereocenters. The molecule has 15 N–H and O–H groups in total. The zero-order chi connectivity index (χ0) is 54.3. The number of carboxylic acids is 1. The van der Waals surface area contributed by atoms with Crippen LogP contribution in [0.5, 0.6) is 0 Å². The van der Waals surface area contributed by atoms with E-state index in [-0.39, 0.29) is 0 Å². The van der Waals surface area contributed by atoms with Gasteiger partial charge in [-0.05, 0) is 39.0 Å². The Labute approximate surface area is 419 Å². The Kier molecular flexibility index (Phi) is 31.3. The maximum atomic E-state index is 13.9. The van der Waals surface area contributed by atoms with Crippen molar-refractivity contribution in [1.29, 1.82) is 0 Å². The zero-order valence-corrected chi connectivity index (χ0v) is 41.8. The van der Waals surface area contributed by atoms with Gasteiger partial charge >= 0.3 is 11.9 Å². The maximum absolute atomic E-state index is 13.9. The van der Waals surface area contributed by atoms with E-state index in [1.54, 1.807) is 6.92 Å². The molecular weight excluding hydrogens is 951 g/mol. The Morgan fingerprint density at radius 2 is 1.14 bits per heavy atom. The SMILES string of the molecule is CCCCCCCCCCCCC(C)C1CC(=O)N[C@@H](C)C(=O)NC(CCO)C(=O)N[C@@H](CCC(=O)O)C(=O)NCC(=O)N[C@@H](CO)C(=O)N[C@H](CC(N)=O)C(=O)N[C@H]([C@@H](C)O)C(=O)NC(CCO)C(=O)O1. The highest BCUT2D eigenvalue weighted by atomic mass is 16.5. The fourth-order valence-corrected chi connectivity index (χ4v) is 7.49. The van der Waals surface area contributed by atoms with Crippen LogP contribution in [-0.4, -0.2) is 172 Å². The maximum Gasteiger partial charge on any atom is 0.329 e. The number of amides is 9. The predicted octanol–water partition coefficient (Wildman–Crippen LogP) is -3.34. The summed E-state index contributed by atoms with van der Waals surface area (Å²) in [6.45, 7) is 2.85. The second-order valence-electron chi connectivity index (χ2n) is 18.0. The number of nitrogens with two attached hydrogens (primary N) is 1. The van der Waals surface area contributed by atoms with E-state index in [1.807, 2.05) is 0 Å². The van der Waals surface area contributed by atoms with Gasteiger partial charge in [0.15, 0.2) is 0 Å². The third-order valence-corrected chi connectivity index (χ3v) is 11.8. The molecule has 0 aliphatic carbocycles. The molecule has 1 aliphatic rings. The van der Waals surface area contributed by atoms with E-state index in [0.29, 0.717) is 12.8 Å². The first-order chi connectivity index (χ1) is 34.1. The second kappa shape index (κ2) is 35.2. The van der Waals surface area contributed by atoms with E-state index in [4.69, 9.17) is 10.5 Å². The Hall–Kier alpha value is -5.99. The number of aliphatic hydroxyl groups is 4. The monoisotopic (exact) mass is 1030 g/mol. The first kappa shape index (κ1) is 64.0. The number of esters is 1. The van der Waals surface area contributed by atoms with Gasteiger partial charge in [-0.25, -0.2) is 4.79 Å². The van der Waals surface area contributed by atoms with E-state index in [9.17, 15) is 78.3 Å². The minimum Gasteiger partial charge on any atom is -0.481 e. The van der Waals surface area contributed by atoms with Crippen LogP contribution in [-0.2, 0) is 57.5 Å². The van der Waals surface area contributed by atoms with Crippen molar-refractivity contribution in [1.82, 2.24) is 42.5 Å². The molecule has 1 saturated heterocycles. The average Bonchev–Trinajstić information content (AvgIpc) is 3.31. The fourth-order valence-electron chi connectivity index (χ4n) is 7.49. The molecule has 0 spiro atoms. The van der Waals surface area contributed by atoms with E-state index < -0.39 is 190 Å². The van der Waals surface area contributed by atoms with Crippen molar-refractivity contribution in [2.45, 2.75) is 191 Å². The van der Waals surface area contributed by atoms with Gasteiger partial charge in [0.05, 0.1) is 32.1 Å². The largest absolute Gasteiger partial charge is 0.481 e. The number of aliphatic hydroxyl groups excluding tert-OH is 4. The third-order valence-electron chi connectivity index (χ3n) is 11.8. The van der Waals surface area contributed by atoms with Gasteiger partial charge in [-0.2, -0.15) is 0 Å². The number of hydrogen-bond donors (Lipinski definition) is 14. The van der Waals surface area contributed by atoms with Gasteiger partial charge in [-0.15, -0.1) is 0 Å². The van der Waals surface area contributed by atoms with Gasteiger partial charge in [0, 0.05) is 26.1 Å². The summed E-state index contributed by atoms with van der Waals surface area (Å²) in [6.07, 6.45) is 4.56. The summed E-state index contributed by atoms with van der Waals surface area (Å²) in [4.78, 5) is 144. The van der Waals surface area contributed by atoms with Gasteiger partial charge in [0.2, 0.25) is 53.2 Å². The van der Waals surface area contributed by atoms with Crippen molar-refractivity contribution < 1.29 is 83.0 Å². The number of ether oxygens (including phenoxy) is 1. The number of primary amides is 1. The smallest absolute Gasteiger partial charge is 0.329 e. The molecule has 410 valence electrons. The van der Waals surface area contributed by atoms with Crippen molar-refractivity contribution in [3.8, 4) is 0 Å². The lowest BCUT2D eigenvalue weighted by molar-refractivity contribution is -0.158. The Bertz CT molecular complexity index is 1800. The first-order valence-corrected chi connectivity index (χ1v) is 24.7. The van der Waals surface area contributed by atoms with Crippen LogP contribution in [0.15, 0.2) is 0 Å². The van der Waals surface area contributed by atoms with Gasteiger partial charge in [0.25, 0.3) is 0 Å². The average molecular weight is 1030 g/mol. The predicted molar refractivity (Wildman–Crippen MR) is 255 cm³/mol. The summed E-state index contributed by atoms with van der Waals surface area (Å²) in [5, 5.41) is 67.5. The number of carboxylic acid groups (broad SMARTS) is 1. The number of unbranched alkanes of at least 4 members (excludes halogenated alkanes) is 9. The van der Waals surface area contributed by atoms with Crippen molar-refractivity contribution in [2.75, 3.05) is 26.4 Å². The minimum absolute atomic E-state index is 0.418. The van der Waals surface area contributed by atoms with Crippen LogP contribution in [0.3, 0.4) is 0 Å². The van der Waals surface area contributed by atoms with Gasteiger partial charge in [-0.3, -0.25) is 47.9 Å². The molecule has 26 nitrogen and oxygen atoms in total. The number of nitrogens with one attached hydrogen (secondary N) is 8. The lowest BCUT2D eigenvalue weighted by Gasteiger charge is -2.29. The molecule has 0 saturated carbocycles. The van der Waals surface area contributed by atoms with Crippen molar-refractivity contribution in [3.63, 3.8) is 0 Å². The van der Waals surface area contributed by atoms with Crippen LogP contribution >= 0.6 is 0 Å². The molecule has 0 aromatic heterocycles. The Morgan fingerprint density at radius 1 is 0.625 bits per heavy atom. The number of aliphatic carboxylic acids is 1. The molecule has 1 aliphatic heterocycles. The molecule has 0 bridgehead atoms. The molecule has 1 rings (SSSR count). The molecule has 72 heavy (non-hydrogen) atoms. The Balaban J connectivity index is 3.68. The summed E-state index contributed by atoms with van der Waals surface area (Å²) in [5.74, 6) is -12.9. The minimum atomic E-state index is -1.90. The topological polar surface area (TPSA) is 420 Å². The highest BCUT2D eigenvalue weighted by molar-refractivity contribution is 5.98. The molecule has 0 aromatic carbocycles. The number of rotatable bonds is 23. The first-order valence-electron chi connectivity index (χ1n) is 24.7. The van der Waals surface area contributed by atoms with Crippen LogP contribution in [0.25, 0.3) is 0 Å². The number of carbonyl (C=O) groups excluding carboxylic acids is 10. The lowest BCUT2D eigenvalue weighted by Crippen LogP contribution is -2.61. The highest BCUT2D eigenvalue weighted by Crippen LogP contribution is 2.21. The van der Waals surface area contributed by atoms with Crippen LogP contribution in [0.1, 0.15) is 137 Å². The molecule has 1 heterocycles. The lowest BCUT2D eigenvalue weighted by atomic mass is 9.94. The quantitative estimate of drug-likeness (QED) is 0.0351. The molecule has 9 amide bonds. The van der Waals surface area contributed by atoms with Crippen LogP contribution in [0.2, 0.25) is 0 Å². The summed E-state index contributed by atoms with van der Waals surface area (Å²) in [7, 11) is 0. The third kappa shape index (κ3) is 25.4. The van der Waals surface area contributed by atoms with Crippen LogP contribution in [0.4, 0.5) is 0 Å². The van der Waals surface area contributed by atoms with Gasteiger partial charge in [0.1, 0.15) is 48.4 Å². The van der Waals surface area contributed by atoms with Crippen molar-refractivity contribution in [2.24, 2.45) is 11.7 Å². The van der Waals surface area contributed by atoms with Crippen molar-refractivity contribution in [3.05, 3.63) is 0 Å². The Morgan fingerprint density at radius 3 is 1.69 bits per heavy atom. The number of cyclic esters (lactones) is 1. The summed E-state index contributed by atoms with van der Waals surface area (Å²) in [6, 6.07) is -11.9. The van der Waals surface area contributed by atoms with Gasteiger partial charge in [-0.1, -0.05) is 78.1 Å². The molecule has 0 aromatic rings. The number of carbonyl (C=O) groups is 11. The normalized spacial score (nSPS) is 25.0. The van der Waals surface area contributed by atoms with Crippen LogP contribution in [0, 0.1) is 5.92 Å². The summed E-state index contributed by atoms with van der Waals surface area (Å²) >= 11 is 0. The second-order valence-corrected chi connectivity index (χ2v) is 18.0.